The first-order valence-electron chi connectivity index (χ1n) is 6.59. The predicted octanol–water partition coefficient (Wildman–Crippen LogP) is 1.72. The molecule has 4 heteroatoms. The van der Waals surface area contributed by atoms with Crippen molar-refractivity contribution in [3.63, 3.8) is 0 Å². The summed E-state index contributed by atoms with van der Waals surface area (Å²) in [5, 5.41) is 12.6. The number of benzene rings is 1. The second kappa shape index (κ2) is 6.82. The number of pyridine rings is 1. The summed E-state index contributed by atoms with van der Waals surface area (Å²) in [7, 11) is 0. The molecule has 1 unspecified atom stereocenters. The van der Waals surface area contributed by atoms with Crippen molar-refractivity contribution in [1.29, 1.82) is 0 Å². The van der Waals surface area contributed by atoms with Crippen molar-refractivity contribution >= 4 is 5.91 Å². The molecule has 104 valence electrons. The van der Waals surface area contributed by atoms with Crippen LogP contribution in [0.5, 0.6) is 0 Å². The summed E-state index contributed by atoms with van der Waals surface area (Å²) in [6, 6.07) is 15.0. The number of aryl methyl sites for hydroxylation is 1. The first-order chi connectivity index (χ1) is 9.65. The minimum absolute atomic E-state index is 0.212. The minimum Gasteiger partial charge on any atom is -0.391 e. The summed E-state index contributed by atoms with van der Waals surface area (Å²) in [4.78, 5) is 16.0. The molecule has 0 aliphatic carbocycles. The Hall–Kier alpha value is -2.20. The number of carbonyl (C=O) groups excluding carboxylic acids is 1. The molecule has 1 atom stereocenters. The molecule has 20 heavy (non-hydrogen) atoms. The molecule has 1 aromatic heterocycles. The third-order valence-electron chi connectivity index (χ3n) is 2.93. The van der Waals surface area contributed by atoms with E-state index in [9.17, 15) is 9.90 Å². The molecule has 1 heterocycles. The van der Waals surface area contributed by atoms with E-state index < -0.39 is 6.10 Å². The Bertz CT molecular complexity index is 570. The zero-order chi connectivity index (χ0) is 14.4. The van der Waals surface area contributed by atoms with Gasteiger partial charge in [0.05, 0.1) is 6.10 Å². The molecule has 0 aliphatic heterocycles. The first kappa shape index (κ1) is 14.2. The average molecular weight is 270 g/mol. The number of rotatable bonds is 5. The lowest BCUT2D eigenvalue weighted by Gasteiger charge is -2.12. The van der Waals surface area contributed by atoms with E-state index in [0.717, 1.165) is 11.3 Å². The molecule has 2 rings (SSSR count). The van der Waals surface area contributed by atoms with Crippen LogP contribution in [-0.4, -0.2) is 28.6 Å². The third-order valence-corrected chi connectivity index (χ3v) is 2.93. The summed E-state index contributed by atoms with van der Waals surface area (Å²) in [5.74, 6) is -0.263. The molecule has 0 saturated heterocycles. The van der Waals surface area contributed by atoms with Gasteiger partial charge < -0.3 is 10.4 Å². The second-order valence-electron chi connectivity index (χ2n) is 4.72. The highest BCUT2D eigenvalue weighted by atomic mass is 16.3. The smallest absolute Gasteiger partial charge is 0.269 e. The van der Waals surface area contributed by atoms with E-state index in [2.05, 4.69) is 10.3 Å². The van der Waals surface area contributed by atoms with E-state index in [0.29, 0.717) is 12.1 Å². The van der Waals surface area contributed by atoms with Gasteiger partial charge in [0.1, 0.15) is 5.69 Å². The van der Waals surface area contributed by atoms with E-state index in [1.54, 1.807) is 12.1 Å². The van der Waals surface area contributed by atoms with Crippen molar-refractivity contribution < 1.29 is 9.90 Å². The maximum Gasteiger partial charge on any atom is 0.269 e. The highest BCUT2D eigenvalue weighted by Gasteiger charge is 2.10. The predicted molar refractivity (Wildman–Crippen MR) is 77.5 cm³/mol. The lowest BCUT2D eigenvalue weighted by atomic mass is 10.1. The van der Waals surface area contributed by atoms with Crippen molar-refractivity contribution in [1.82, 2.24) is 10.3 Å². The van der Waals surface area contributed by atoms with Crippen LogP contribution in [0.1, 0.15) is 21.7 Å². The topological polar surface area (TPSA) is 62.2 Å². The van der Waals surface area contributed by atoms with Gasteiger partial charge >= 0.3 is 0 Å². The van der Waals surface area contributed by atoms with E-state index >= 15 is 0 Å². The van der Waals surface area contributed by atoms with Crippen LogP contribution in [0, 0.1) is 6.92 Å². The molecule has 0 radical (unpaired) electrons. The zero-order valence-electron chi connectivity index (χ0n) is 11.4. The van der Waals surface area contributed by atoms with Gasteiger partial charge in [0.15, 0.2) is 0 Å². The minimum atomic E-state index is -0.605. The van der Waals surface area contributed by atoms with Crippen molar-refractivity contribution in [2.24, 2.45) is 0 Å². The van der Waals surface area contributed by atoms with Crippen LogP contribution < -0.4 is 5.32 Å². The molecule has 0 saturated carbocycles. The fourth-order valence-electron chi connectivity index (χ4n) is 1.93. The number of aliphatic hydroxyl groups excluding tert-OH is 1. The lowest BCUT2D eigenvalue weighted by molar-refractivity contribution is 0.0911. The van der Waals surface area contributed by atoms with Crippen LogP contribution in [0.3, 0.4) is 0 Å². The summed E-state index contributed by atoms with van der Waals surface area (Å²) in [6.07, 6.45) is -0.0892. The van der Waals surface area contributed by atoms with Crippen LogP contribution in [0.15, 0.2) is 48.5 Å². The van der Waals surface area contributed by atoms with Crippen molar-refractivity contribution in [2.45, 2.75) is 19.4 Å². The molecule has 2 N–H and O–H groups in total. The Kier molecular flexibility index (Phi) is 4.85. The van der Waals surface area contributed by atoms with E-state index in [1.165, 1.54) is 0 Å². The number of nitrogens with one attached hydrogen (secondary N) is 1. The number of hydrogen-bond donors (Lipinski definition) is 2. The molecule has 0 spiro atoms. The van der Waals surface area contributed by atoms with Crippen LogP contribution in [0.25, 0.3) is 0 Å². The van der Waals surface area contributed by atoms with E-state index in [1.807, 2.05) is 43.3 Å². The van der Waals surface area contributed by atoms with Gasteiger partial charge in [0.25, 0.3) is 5.91 Å². The number of nitrogens with zero attached hydrogens (tertiary/aromatic N) is 1. The maximum atomic E-state index is 11.9. The Balaban J connectivity index is 1.84. The first-order valence-corrected chi connectivity index (χ1v) is 6.59. The third kappa shape index (κ3) is 4.17. The standard InChI is InChI=1S/C16H18N2O2/c1-12-6-5-9-15(18-12)16(20)17-11-14(19)10-13-7-3-2-4-8-13/h2-9,14,19H,10-11H2,1H3,(H,17,20). The Labute approximate surface area is 118 Å². The molecule has 1 aromatic carbocycles. The molecule has 1 amide bonds. The van der Waals surface area contributed by atoms with Gasteiger partial charge in [-0.1, -0.05) is 36.4 Å². The zero-order valence-corrected chi connectivity index (χ0v) is 11.4. The number of hydrogen-bond acceptors (Lipinski definition) is 3. The molecule has 0 aliphatic rings. The summed E-state index contributed by atoms with van der Waals surface area (Å²) < 4.78 is 0. The van der Waals surface area contributed by atoms with Gasteiger partial charge in [-0.3, -0.25) is 4.79 Å². The molecular weight excluding hydrogens is 252 g/mol. The van der Waals surface area contributed by atoms with Crippen molar-refractivity contribution in [3.05, 3.63) is 65.5 Å². The van der Waals surface area contributed by atoms with Gasteiger partial charge in [-0.2, -0.15) is 0 Å². The fourth-order valence-corrected chi connectivity index (χ4v) is 1.93. The summed E-state index contributed by atoms with van der Waals surface area (Å²) >= 11 is 0. The summed E-state index contributed by atoms with van der Waals surface area (Å²) in [6.45, 7) is 2.05. The molecule has 2 aromatic rings. The Morgan fingerprint density at radius 1 is 1.20 bits per heavy atom. The maximum absolute atomic E-state index is 11.9. The molecule has 0 fully saturated rings. The van der Waals surface area contributed by atoms with Gasteiger partial charge in [0, 0.05) is 18.7 Å². The highest BCUT2D eigenvalue weighted by molar-refractivity contribution is 5.92. The molecule has 4 nitrogen and oxygen atoms in total. The number of aliphatic hydroxyl groups is 1. The molecule has 0 bridgehead atoms. The van der Waals surface area contributed by atoms with Crippen LogP contribution in [0.4, 0.5) is 0 Å². The quantitative estimate of drug-likeness (QED) is 0.869. The largest absolute Gasteiger partial charge is 0.391 e. The van der Waals surface area contributed by atoms with Crippen molar-refractivity contribution in [2.75, 3.05) is 6.54 Å². The van der Waals surface area contributed by atoms with E-state index in [4.69, 9.17) is 0 Å². The monoisotopic (exact) mass is 270 g/mol. The SMILES string of the molecule is Cc1cccc(C(=O)NCC(O)Cc2ccccc2)n1. The Morgan fingerprint density at radius 2 is 1.95 bits per heavy atom. The average Bonchev–Trinajstić information content (AvgIpc) is 2.46. The molecular formula is C16H18N2O2. The normalized spacial score (nSPS) is 11.9. The van der Waals surface area contributed by atoms with Gasteiger partial charge in [-0.05, 0) is 24.6 Å². The number of amides is 1. The number of aromatic nitrogens is 1. The van der Waals surface area contributed by atoms with Crippen molar-refractivity contribution in [3.8, 4) is 0 Å². The lowest BCUT2D eigenvalue weighted by Crippen LogP contribution is -2.33. The van der Waals surface area contributed by atoms with Crippen LogP contribution >= 0.6 is 0 Å². The second-order valence-corrected chi connectivity index (χ2v) is 4.72. The van der Waals surface area contributed by atoms with Crippen LogP contribution in [0.2, 0.25) is 0 Å². The van der Waals surface area contributed by atoms with E-state index in [-0.39, 0.29) is 12.5 Å². The van der Waals surface area contributed by atoms with Crippen LogP contribution in [-0.2, 0) is 6.42 Å². The highest BCUT2D eigenvalue weighted by Crippen LogP contribution is 2.03. The summed E-state index contributed by atoms with van der Waals surface area (Å²) in [5.41, 5.74) is 2.21. The number of carbonyl (C=O) groups is 1. The Morgan fingerprint density at radius 3 is 2.65 bits per heavy atom. The van der Waals surface area contributed by atoms with Gasteiger partial charge in [0.2, 0.25) is 0 Å². The van der Waals surface area contributed by atoms with Gasteiger partial charge in [-0.15, -0.1) is 0 Å². The van der Waals surface area contributed by atoms with Gasteiger partial charge in [-0.25, -0.2) is 4.98 Å². The fraction of sp³-hybridized carbons (Fsp3) is 0.250.